The molecule has 0 fully saturated rings. The molecule has 1 radical (unpaired) electrons. The van der Waals surface area contributed by atoms with E-state index in [1.165, 1.54) is 12.8 Å². The van der Waals surface area contributed by atoms with E-state index in [2.05, 4.69) is 22.7 Å². The number of hydrogen-bond acceptors (Lipinski definition) is 1. The van der Waals surface area contributed by atoms with E-state index in [-0.39, 0.29) is 0 Å². The molecule has 11 heavy (non-hydrogen) atoms. The van der Waals surface area contributed by atoms with Gasteiger partial charge in [0.15, 0.2) is 0 Å². The van der Waals surface area contributed by atoms with Gasteiger partial charge in [-0.05, 0) is 13.3 Å². The maximum atomic E-state index is 4.14. The summed E-state index contributed by atoms with van der Waals surface area (Å²) in [6.07, 6.45) is 7.41. The third kappa shape index (κ3) is 2.74. The van der Waals surface area contributed by atoms with Gasteiger partial charge in [-0.25, -0.2) is 4.98 Å². The van der Waals surface area contributed by atoms with E-state index in [0.29, 0.717) is 0 Å². The van der Waals surface area contributed by atoms with Crippen LogP contribution in [0.25, 0.3) is 0 Å². The zero-order valence-corrected chi connectivity index (χ0v) is 7.08. The molecular weight excluding hydrogens is 136 g/mol. The van der Waals surface area contributed by atoms with Crippen LogP contribution in [0.3, 0.4) is 0 Å². The van der Waals surface area contributed by atoms with Crippen LogP contribution in [0.15, 0.2) is 12.5 Å². The Kier molecular flexibility index (Phi) is 3.14. The molecular formula is C9H15N2. The Morgan fingerprint density at radius 1 is 1.55 bits per heavy atom. The first-order valence-electron chi connectivity index (χ1n) is 4.10. The van der Waals surface area contributed by atoms with E-state index in [1.54, 1.807) is 0 Å². The summed E-state index contributed by atoms with van der Waals surface area (Å²) >= 11 is 0. The molecule has 0 aliphatic rings. The predicted molar refractivity (Wildman–Crippen MR) is 46.2 cm³/mol. The van der Waals surface area contributed by atoms with E-state index in [1.807, 2.05) is 13.3 Å². The Morgan fingerprint density at radius 2 is 2.36 bits per heavy atom. The van der Waals surface area contributed by atoms with Crippen LogP contribution in [0, 0.1) is 13.8 Å². The predicted octanol–water partition coefficient (Wildman–Crippen LogP) is 2.20. The SMILES string of the molecule is [CH2]CCCCn1cnc(C)c1. The van der Waals surface area contributed by atoms with Crippen molar-refractivity contribution < 1.29 is 0 Å². The summed E-state index contributed by atoms with van der Waals surface area (Å²) in [6, 6.07) is 0. The fourth-order valence-electron chi connectivity index (χ4n) is 1.07. The maximum absolute atomic E-state index is 4.14. The van der Waals surface area contributed by atoms with E-state index in [4.69, 9.17) is 0 Å². The van der Waals surface area contributed by atoms with Crippen molar-refractivity contribution in [2.24, 2.45) is 0 Å². The van der Waals surface area contributed by atoms with Crippen molar-refractivity contribution in [1.29, 1.82) is 0 Å². The standard InChI is InChI=1S/C9H15N2/c1-3-4-5-6-11-7-9(2)10-8-11/h7-8H,1,3-6H2,2H3. The molecule has 0 atom stereocenters. The molecule has 0 amide bonds. The van der Waals surface area contributed by atoms with Crippen molar-refractivity contribution in [2.45, 2.75) is 32.7 Å². The second kappa shape index (κ2) is 4.16. The highest BCUT2D eigenvalue weighted by Crippen LogP contribution is 1.99. The third-order valence-corrected chi connectivity index (χ3v) is 1.68. The van der Waals surface area contributed by atoms with Gasteiger partial charge in [-0.15, -0.1) is 0 Å². The van der Waals surface area contributed by atoms with Crippen LogP contribution in [0.2, 0.25) is 0 Å². The van der Waals surface area contributed by atoms with Crippen LogP contribution in [0.5, 0.6) is 0 Å². The Balaban J connectivity index is 2.27. The quantitative estimate of drug-likeness (QED) is 0.603. The summed E-state index contributed by atoms with van der Waals surface area (Å²) in [5, 5.41) is 0. The first-order chi connectivity index (χ1) is 5.33. The van der Waals surface area contributed by atoms with Gasteiger partial charge in [-0.1, -0.05) is 19.8 Å². The molecule has 1 rings (SSSR count). The number of aromatic nitrogens is 2. The first kappa shape index (κ1) is 8.31. The highest BCUT2D eigenvalue weighted by molar-refractivity contribution is 4.91. The second-order valence-electron chi connectivity index (χ2n) is 2.81. The molecule has 1 aromatic rings. The lowest BCUT2D eigenvalue weighted by Gasteiger charge is -1.98. The summed E-state index contributed by atoms with van der Waals surface area (Å²) < 4.78 is 2.13. The number of imidazole rings is 1. The minimum atomic E-state index is 1.04. The molecule has 1 heterocycles. The molecule has 0 spiro atoms. The molecule has 0 unspecified atom stereocenters. The minimum absolute atomic E-state index is 1.04. The molecule has 0 saturated carbocycles. The summed E-state index contributed by atoms with van der Waals surface area (Å²) in [4.78, 5) is 4.14. The van der Waals surface area contributed by atoms with Gasteiger partial charge in [0.25, 0.3) is 0 Å². The summed E-state index contributed by atoms with van der Waals surface area (Å²) in [6.45, 7) is 6.89. The van der Waals surface area contributed by atoms with Crippen LogP contribution < -0.4 is 0 Å². The lowest BCUT2D eigenvalue weighted by atomic mass is 10.2. The van der Waals surface area contributed by atoms with Crippen LogP contribution in [0.1, 0.15) is 25.0 Å². The van der Waals surface area contributed by atoms with E-state index < -0.39 is 0 Å². The van der Waals surface area contributed by atoms with E-state index >= 15 is 0 Å². The average molecular weight is 151 g/mol. The van der Waals surface area contributed by atoms with Gasteiger partial charge in [-0.3, -0.25) is 0 Å². The maximum Gasteiger partial charge on any atom is 0.0949 e. The normalized spacial score (nSPS) is 10.4. The second-order valence-corrected chi connectivity index (χ2v) is 2.81. The molecule has 0 saturated heterocycles. The van der Waals surface area contributed by atoms with Crippen molar-refractivity contribution in [3.8, 4) is 0 Å². The first-order valence-corrected chi connectivity index (χ1v) is 4.10. The van der Waals surface area contributed by atoms with Gasteiger partial charge in [0.2, 0.25) is 0 Å². The van der Waals surface area contributed by atoms with Gasteiger partial charge in [-0.2, -0.15) is 0 Å². The van der Waals surface area contributed by atoms with Crippen molar-refractivity contribution in [1.82, 2.24) is 9.55 Å². The largest absolute Gasteiger partial charge is 0.337 e. The Labute approximate surface area is 68.3 Å². The van der Waals surface area contributed by atoms with Crippen molar-refractivity contribution >= 4 is 0 Å². The highest BCUT2D eigenvalue weighted by atomic mass is 15.0. The lowest BCUT2D eigenvalue weighted by molar-refractivity contribution is 0.613. The van der Waals surface area contributed by atoms with E-state index in [0.717, 1.165) is 18.7 Å². The average Bonchev–Trinajstić information content (AvgIpc) is 2.37. The number of aryl methyl sites for hydroxylation is 2. The van der Waals surface area contributed by atoms with Gasteiger partial charge in [0, 0.05) is 12.7 Å². The van der Waals surface area contributed by atoms with Crippen molar-refractivity contribution in [3.63, 3.8) is 0 Å². The third-order valence-electron chi connectivity index (χ3n) is 1.68. The number of nitrogens with zero attached hydrogens (tertiary/aromatic N) is 2. The molecule has 2 nitrogen and oxygen atoms in total. The van der Waals surface area contributed by atoms with Crippen LogP contribution in [0.4, 0.5) is 0 Å². The Morgan fingerprint density at radius 3 is 2.91 bits per heavy atom. The van der Waals surface area contributed by atoms with Gasteiger partial charge < -0.3 is 4.57 Å². The topological polar surface area (TPSA) is 17.8 Å². The molecule has 0 bridgehead atoms. The van der Waals surface area contributed by atoms with Crippen LogP contribution in [-0.2, 0) is 6.54 Å². The van der Waals surface area contributed by atoms with Crippen LogP contribution >= 0.6 is 0 Å². The number of unbranched alkanes of at least 4 members (excludes halogenated alkanes) is 2. The number of hydrogen-bond donors (Lipinski definition) is 0. The van der Waals surface area contributed by atoms with Gasteiger partial charge >= 0.3 is 0 Å². The van der Waals surface area contributed by atoms with Gasteiger partial charge in [0.1, 0.15) is 0 Å². The van der Waals surface area contributed by atoms with Crippen LogP contribution in [-0.4, -0.2) is 9.55 Å². The Bertz CT molecular complexity index is 203. The summed E-state index contributed by atoms with van der Waals surface area (Å²) in [5.41, 5.74) is 1.10. The summed E-state index contributed by atoms with van der Waals surface area (Å²) in [7, 11) is 0. The summed E-state index contributed by atoms with van der Waals surface area (Å²) in [5.74, 6) is 0. The van der Waals surface area contributed by atoms with Gasteiger partial charge in [0.05, 0.1) is 12.0 Å². The number of rotatable bonds is 4. The molecule has 61 valence electrons. The molecule has 0 N–H and O–H groups in total. The molecule has 1 aromatic heterocycles. The van der Waals surface area contributed by atoms with E-state index in [9.17, 15) is 0 Å². The lowest BCUT2D eigenvalue weighted by Crippen LogP contribution is -1.93. The molecule has 0 aliphatic heterocycles. The molecule has 2 heteroatoms. The zero-order chi connectivity index (χ0) is 8.10. The monoisotopic (exact) mass is 151 g/mol. The fraction of sp³-hybridized carbons (Fsp3) is 0.556. The fourth-order valence-corrected chi connectivity index (χ4v) is 1.07. The van der Waals surface area contributed by atoms with Crippen molar-refractivity contribution in [3.05, 3.63) is 25.1 Å². The Hall–Kier alpha value is -0.790. The minimum Gasteiger partial charge on any atom is -0.337 e. The smallest absolute Gasteiger partial charge is 0.0949 e. The highest BCUT2D eigenvalue weighted by Gasteiger charge is 1.91. The zero-order valence-electron chi connectivity index (χ0n) is 7.08. The van der Waals surface area contributed by atoms with Crippen molar-refractivity contribution in [2.75, 3.05) is 0 Å². The molecule has 0 aromatic carbocycles. The molecule has 0 aliphatic carbocycles.